The van der Waals surface area contributed by atoms with Crippen molar-refractivity contribution in [3.8, 4) is 34.5 Å². The second-order valence-corrected chi connectivity index (χ2v) is 14.5. The number of carbonyl (C=O) groups excluding carboxylic acids is 2. The number of esters is 1. The van der Waals surface area contributed by atoms with Gasteiger partial charge in [-0.15, -0.1) is 0 Å². The van der Waals surface area contributed by atoms with E-state index in [-0.39, 0.29) is 17.6 Å². The maximum absolute atomic E-state index is 14.9. The number of phenolic OH excluding ortho intramolecular Hbond substituents is 1. The summed E-state index contributed by atoms with van der Waals surface area (Å²) in [5.41, 5.74) is 2.48. The minimum atomic E-state index is -0.733. The maximum atomic E-state index is 14.9. The molecule has 10 nitrogen and oxygen atoms in total. The van der Waals surface area contributed by atoms with E-state index in [1.165, 1.54) is 0 Å². The number of hydrogen-bond donors (Lipinski definition) is 1. The molecule has 3 atom stereocenters. The molecule has 52 heavy (non-hydrogen) atoms. The topological polar surface area (TPSA) is 113 Å². The molecule has 282 valence electrons. The minimum absolute atomic E-state index is 0.0715. The molecule has 5 rings (SSSR count). The van der Waals surface area contributed by atoms with Gasteiger partial charge in [0.05, 0.1) is 41.0 Å². The molecule has 1 saturated carbocycles. The molecule has 1 heterocycles. The second kappa shape index (κ2) is 19.3. The van der Waals surface area contributed by atoms with E-state index in [1.54, 1.807) is 51.5 Å². The smallest absolute Gasteiger partial charge is 0.329 e. The Hall–Kier alpha value is -3.87. The van der Waals surface area contributed by atoms with Gasteiger partial charge in [-0.2, -0.15) is 0 Å². The number of piperidine rings is 1. The molecule has 2 unspecified atom stereocenters. The lowest BCUT2D eigenvalue weighted by Gasteiger charge is -2.40. The number of benzene rings is 3. The third-order valence-corrected chi connectivity index (χ3v) is 10.7. The molecule has 0 bridgehead atoms. The van der Waals surface area contributed by atoms with E-state index in [9.17, 15) is 14.7 Å². The van der Waals surface area contributed by atoms with Crippen LogP contribution in [-0.2, 0) is 20.7 Å². The molecular formula is C41H52INO9. The van der Waals surface area contributed by atoms with Gasteiger partial charge in [0.15, 0.2) is 23.0 Å². The van der Waals surface area contributed by atoms with Crippen LogP contribution in [0.15, 0.2) is 54.6 Å². The molecular weight excluding hydrogens is 777 g/mol. The predicted molar refractivity (Wildman–Crippen MR) is 207 cm³/mol. The van der Waals surface area contributed by atoms with E-state index in [1.807, 2.05) is 36.4 Å². The second-order valence-electron chi connectivity index (χ2n) is 13.5. The Bertz CT molecular complexity index is 1620. The zero-order valence-electron chi connectivity index (χ0n) is 30.7. The molecule has 1 N–H and O–H groups in total. The average molecular weight is 830 g/mol. The van der Waals surface area contributed by atoms with E-state index in [0.717, 1.165) is 60.5 Å². The highest BCUT2D eigenvalue weighted by Crippen LogP contribution is 2.45. The van der Waals surface area contributed by atoms with Gasteiger partial charge in [0.25, 0.3) is 0 Å². The Kier molecular flexibility index (Phi) is 14.6. The van der Waals surface area contributed by atoms with Crippen molar-refractivity contribution in [3.05, 3.63) is 71.3 Å². The first-order valence-electron chi connectivity index (χ1n) is 18.3. The van der Waals surface area contributed by atoms with Gasteiger partial charge in [-0.05, 0) is 104 Å². The quantitative estimate of drug-likeness (QED) is 0.0868. The lowest BCUT2D eigenvalue weighted by molar-refractivity contribution is -0.163. The van der Waals surface area contributed by atoms with Gasteiger partial charge in [0.2, 0.25) is 11.7 Å². The number of aryl methyl sites for hydroxylation is 1. The van der Waals surface area contributed by atoms with Crippen LogP contribution in [0.25, 0.3) is 0 Å². The fourth-order valence-corrected chi connectivity index (χ4v) is 7.86. The zero-order valence-corrected chi connectivity index (χ0v) is 32.9. The van der Waals surface area contributed by atoms with Gasteiger partial charge in [0.1, 0.15) is 17.9 Å². The van der Waals surface area contributed by atoms with Crippen LogP contribution in [0.2, 0.25) is 0 Å². The Morgan fingerprint density at radius 2 is 1.50 bits per heavy atom. The van der Waals surface area contributed by atoms with E-state index in [0.29, 0.717) is 66.7 Å². The minimum Gasteiger partial charge on any atom is -0.508 e. The van der Waals surface area contributed by atoms with E-state index >= 15 is 0 Å². The monoisotopic (exact) mass is 829 g/mol. The molecule has 1 aliphatic heterocycles. The number of phenols is 1. The van der Waals surface area contributed by atoms with Gasteiger partial charge in [-0.3, -0.25) is 4.79 Å². The van der Waals surface area contributed by atoms with Crippen LogP contribution in [0.5, 0.6) is 34.5 Å². The molecule has 0 radical (unpaired) electrons. The number of methoxy groups -OCH3 is 4. The Balaban J connectivity index is 1.43. The van der Waals surface area contributed by atoms with Crippen LogP contribution in [-0.4, -0.2) is 73.9 Å². The van der Waals surface area contributed by atoms with Gasteiger partial charge in [-0.1, -0.05) is 60.1 Å². The SMILES string of the molecule is COc1ccc(CCC(OC(=O)C2CCCCN2C(=O)[C@H](c2cc(OC)c(OCCI)c(OC)c2)C2CCCCC2)c2cccc(O)c2)cc1OC. The number of carbonyl (C=O) groups is 2. The summed E-state index contributed by atoms with van der Waals surface area (Å²) in [7, 11) is 6.38. The molecule has 2 aliphatic rings. The maximum Gasteiger partial charge on any atom is 0.329 e. The normalized spacial score (nSPS) is 17.5. The lowest BCUT2D eigenvalue weighted by Crippen LogP contribution is -2.51. The van der Waals surface area contributed by atoms with E-state index in [2.05, 4.69) is 22.6 Å². The standard InChI is InChI=1S/C41H52INO9/c1-47-34-19-17-27(23-35(34)48-2)16-18-33(29-13-10-14-31(44)24-29)52-41(46)32-15-8-9-21-43(32)40(45)38(28-11-6-5-7-12-28)30-25-36(49-3)39(51-22-20-42)37(26-30)50-4/h10,13-14,17,19,23-26,28,32-33,38,44H,5-9,11-12,15-16,18,20-22H2,1-4H3/t32?,33?,38-/m0/s1. The highest BCUT2D eigenvalue weighted by atomic mass is 127. The van der Waals surface area contributed by atoms with E-state index in [4.69, 9.17) is 28.4 Å². The van der Waals surface area contributed by atoms with Crippen molar-refractivity contribution in [1.29, 1.82) is 0 Å². The fourth-order valence-electron chi connectivity index (χ4n) is 7.64. The van der Waals surface area contributed by atoms with Crippen LogP contribution < -0.4 is 23.7 Å². The van der Waals surface area contributed by atoms with Gasteiger partial charge < -0.3 is 38.4 Å². The summed E-state index contributed by atoms with van der Waals surface area (Å²) in [6.45, 7) is 0.961. The molecule has 11 heteroatoms. The summed E-state index contributed by atoms with van der Waals surface area (Å²) in [5.74, 6) is 2.01. The molecule has 3 aromatic carbocycles. The van der Waals surface area contributed by atoms with Gasteiger partial charge in [0, 0.05) is 11.0 Å². The van der Waals surface area contributed by atoms with Crippen molar-refractivity contribution < 1.29 is 43.1 Å². The number of ether oxygens (including phenoxy) is 6. The van der Waals surface area contributed by atoms with Crippen LogP contribution in [0.3, 0.4) is 0 Å². The third kappa shape index (κ3) is 9.56. The zero-order chi connectivity index (χ0) is 37.0. The predicted octanol–water partition coefficient (Wildman–Crippen LogP) is 8.20. The number of rotatable bonds is 16. The summed E-state index contributed by atoms with van der Waals surface area (Å²) < 4.78 is 35.6. The Morgan fingerprint density at radius 1 is 0.808 bits per heavy atom. The number of likely N-dealkylation sites (tertiary alicyclic amines) is 1. The molecule has 1 saturated heterocycles. The van der Waals surface area contributed by atoms with Crippen molar-refractivity contribution in [2.24, 2.45) is 5.92 Å². The van der Waals surface area contributed by atoms with Crippen molar-refractivity contribution in [3.63, 3.8) is 0 Å². The van der Waals surface area contributed by atoms with Crippen molar-refractivity contribution in [2.75, 3.05) is 46.0 Å². The number of alkyl halides is 1. The first-order valence-corrected chi connectivity index (χ1v) is 19.8. The Labute approximate surface area is 321 Å². The first kappa shape index (κ1) is 39.3. The average Bonchev–Trinajstić information content (AvgIpc) is 3.18. The van der Waals surface area contributed by atoms with Crippen molar-refractivity contribution >= 4 is 34.5 Å². The summed E-state index contributed by atoms with van der Waals surface area (Å²) in [5, 5.41) is 10.3. The fraction of sp³-hybridized carbons (Fsp3) is 0.512. The molecule has 3 aromatic rings. The number of hydrogen-bond acceptors (Lipinski definition) is 9. The number of nitrogens with zero attached hydrogens (tertiary/aromatic N) is 1. The van der Waals surface area contributed by atoms with Gasteiger partial charge >= 0.3 is 5.97 Å². The summed E-state index contributed by atoms with van der Waals surface area (Å²) in [6, 6.07) is 15.6. The molecule has 1 aliphatic carbocycles. The molecule has 1 amide bonds. The van der Waals surface area contributed by atoms with Crippen LogP contribution in [0.1, 0.15) is 86.5 Å². The van der Waals surface area contributed by atoms with Crippen LogP contribution in [0, 0.1) is 5.92 Å². The van der Waals surface area contributed by atoms with Crippen molar-refractivity contribution in [2.45, 2.75) is 82.3 Å². The van der Waals surface area contributed by atoms with Crippen molar-refractivity contribution in [1.82, 2.24) is 4.90 Å². The van der Waals surface area contributed by atoms with E-state index < -0.39 is 24.0 Å². The first-order chi connectivity index (χ1) is 25.3. The largest absolute Gasteiger partial charge is 0.508 e. The summed E-state index contributed by atoms with van der Waals surface area (Å²) in [6.07, 6.45) is 7.61. The van der Waals surface area contributed by atoms with Crippen LogP contribution >= 0.6 is 22.6 Å². The highest BCUT2D eigenvalue weighted by molar-refractivity contribution is 14.1. The molecule has 0 spiro atoms. The lowest BCUT2D eigenvalue weighted by atomic mass is 9.75. The van der Waals surface area contributed by atoms with Gasteiger partial charge in [-0.25, -0.2) is 4.79 Å². The number of amides is 1. The number of aromatic hydroxyl groups is 1. The molecule has 0 aromatic heterocycles. The summed E-state index contributed by atoms with van der Waals surface area (Å²) in [4.78, 5) is 31.0. The summed E-state index contributed by atoms with van der Waals surface area (Å²) >= 11 is 2.26. The Morgan fingerprint density at radius 3 is 2.15 bits per heavy atom. The van der Waals surface area contributed by atoms with Crippen LogP contribution in [0.4, 0.5) is 0 Å². The third-order valence-electron chi connectivity index (χ3n) is 10.3. The molecule has 2 fully saturated rings. The highest BCUT2D eigenvalue weighted by Gasteiger charge is 2.41. The number of halogens is 1.